The van der Waals surface area contributed by atoms with Crippen molar-refractivity contribution in [2.24, 2.45) is 7.05 Å². The molecule has 2 heterocycles. The van der Waals surface area contributed by atoms with Gasteiger partial charge in [0.2, 0.25) is 0 Å². The molecule has 1 fully saturated rings. The van der Waals surface area contributed by atoms with E-state index in [4.69, 9.17) is 4.74 Å². The van der Waals surface area contributed by atoms with Crippen LogP contribution in [0.3, 0.4) is 0 Å². The van der Waals surface area contributed by atoms with Crippen LogP contribution in [0.1, 0.15) is 18.5 Å². The van der Waals surface area contributed by atoms with Gasteiger partial charge in [0.15, 0.2) is 0 Å². The fourth-order valence-electron chi connectivity index (χ4n) is 3.12. The van der Waals surface area contributed by atoms with Gasteiger partial charge in [0.1, 0.15) is 5.75 Å². The van der Waals surface area contributed by atoms with Gasteiger partial charge in [-0.25, -0.2) is 0 Å². The molecule has 1 saturated heterocycles. The molecule has 0 bridgehead atoms. The Hall–Kier alpha value is -1.52. The number of methoxy groups -OCH3 is 1. The van der Waals surface area contributed by atoms with Gasteiger partial charge in [-0.3, -0.25) is 4.90 Å². The van der Waals surface area contributed by atoms with Crippen molar-refractivity contribution in [3.05, 3.63) is 30.0 Å². The second kappa shape index (κ2) is 5.46. The van der Waals surface area contributed by atoms with Crippen LogP contribution in [-0.4, -0.2) is 42.8 Å². The number of aromatic nitrogens is 1. The molecule has 0 aliphatic carbocycles. The normalized spacial score (nSPS) is 18.4. The molecule has 1 aromatic heterocycles. The Bertz CT molecular complexity index is 599. The number of ether oxygens (including phenoxy) is 1. The third-order valence-corrected chi connectivity index (χ3v) is 4.38. The summed E-state index contributed by atoms with van der Waals surface area (Å²) in [4.78, 5) is 2.55. The Balaban J connectivity index is 1.98. The van der Waals surface area contributed by atoms with E-state index < -0.39 is 0 Å². The fraction of sp³-hybridized carbons (Fsp3) is 0.500. The lowest BCUT2D eigenvalue weighted by molar-refractivity contribution is 0.186. The molecule has 20 heavy (non-hydrogen) atoms. The van der Waals surface area contributed by atoms with Crippen LogP contribution < -0.4 is 10.1 Å². The number of fused-ring (bicyclic) bond motifs is 1. The highest BCUT2D eigenvalue weighted by Crippen LogP contribution is 2.31. The highest BCUT2D eigenvalue weighted by atomic mass is 16.5. The van der Waals surface area contributed by atoms with Crippen LogP contribution in [0.2, 0.25) is 0 Å². The van der Waals surface area contributed by atoms with Crippen molar-refractivity contribution in [1.29, 1.82) is 0 Å². The summed E-state index contributed by atoms with van der Waals surface area (Å²) in [5.41, 5.74) is 2.65. The first kappa shape index (κ1) is 13.5. The monoisotopic (exact) mass is 273 g/mol. The Labute approximate surface area is 120 Å². The summed E-state index contributed by atoms with van der Waals surface area (Å²) in [6, 6.07) is 6.80. The first-order valence-corrected chi connectivity index (χ1v) is 7.28. The van der Waals surface area contributed by atoms with E-state index in [1.54, 1.807) is 7.11 Å². The van der Waals surface area contributed by atoms with Crippen LogP contribution in [-0.2, 0) is 7.05 Å². The summed E-state index contributed by atoms with van der Waals surface area (Å²) >= 11 is 0. The van der Waals surface area contributed by atoms with Crippen molar-refractivity contribution in [2.45, 2.75) is 13.0 Å². The number of aryl methyl sites for hydroxylation is 1. The molecule has 2 aromatic rings. The van der Waals surface area contributed by atoms with Crippen LogP contribution in [0.25, 0.3) is 10.9 Å². The predicted octanol–water partition coefficient (Wildman–Crippen LogP) is 2.15. The Morgan fingerprint density at radius 3 is 2.70 bits per heavy atom. The van der Waals surface area contributed by atoms with E-state index in [0.717, 1.165) is 31.9 Å². The molecule has 1 N–H and O–H groups in total. The third kappa shape index (κ3) is 2.30. The second-order valence-corrected chi connectivity index (χ2v) is 5.54. The van der Waals surface area contributed by atoms with Gasteiger partial charge in [-0.1, -0.05) is 0 Å². The molecule has 0 saturated carbocycles. The van der Waals surface area contributed by atoms with Gasteiger partial charge < -0.3 is 14.6 Å². The number of hydrogen-bond acceptors (Lipinski definition) is 3. The van der Waals surface area contributed by atoms with E-state index in [1.807, 2.05) is 0 Å². The molecule has 108 valence electrons. The zero-order valence-corrected chi connectivity index (χ0v) is 12.5. The molecule has 3 rings (SSSR count). The molecule has 4 heteroatoms. The Morgan fingerprint density at radius 2 is 2.00 bits per heavy atom. The standard InChI is InChI=1S/C16H23N3O/c1-12(19-8-6-17-7-9-19)15-11-18(2)16-10-13(20-3)4-5-14(15)16/h4-5,10-12,17H,6-9H2,1-3H3. The largest absolute Gasteiger partial charge is 0.497 e. The maximum Gasteiger partial charge on any atom is 0.120 e. The summed E-state index contributed by atoms with van der Waals surface area (Å²) in [6.07, 6.45) is 2.26. The molecular weight excluding hydrogens is 250 g/mol. The van der Waals surface area contributed by atoms with Gasteiger partial charge in [0.25, 0.3) is 0 Å². The second-order valence-electron chi connectivity index (χ2n) is 5.54. The smallest absolute Gasteiger partial charge is 0.120 e. The Kier molecular flexibility index (Phi) is 3.68. The van der Waals surface area contributed by atoms with Gasteiger partial charge in [-0.2, -0.15) is 0 Å². The minimum Gasteiger partial charge on any atom is -0.497 e. The Morgan fingerprint density at radius 1 is 1.25 bits per heavy atom. The fourth-order valence-corrected chi connectivity index (χ4v) is 3.12. The van der Waals surface area contributed by atoms with Crippen molar-refractivity contribution in [3.8, 4) is 5.75 Å². The van der Waals surface area contributed by atoms with E-state index in [9.17, 15) is 0 Å². The lowest BCUT2D eigenvalue weighted by Gasteiger charge is -2.32. The molecule has 4 nitrogen and oxygen atoms in total. The maximum absolute atomic E-state index is 5.33. The minimum atomic E-state index is 0.453. The van der Waals surface area contributed by atoms with Crippen molar-refractivity contribution < 1.29 is 4.74 Å². The lowest BCUT2D eigenvalue weighted by Crippen LogP contribution is -2.44. The molecule has 1 aliphatic rings. The predicted molar refractivity (Wildman–Crippen MR) is 82.3 cm³/mol. The molecule has 0 radical (unpaired) electrons. The summed E-state index contributed by atoms with van der Waals surface area (Å²) in [6.45, 7) is 6.72. The van der Waals surface area contributed by atoms with Gasteiger partial charge in [0.05, 0.1) is 12.6 Å². The molecular formula is C16H23N3O. The van der Waals surface area contributed by atoms with Gasteiger partial charge in [-0.05, 0) is 24.6 Å². The average molecular weight is 273 g/mol. The number of benzene rings is 1. The number of nitrogens with one attached hydrogen (secondary N) is 1. The number of piperazine rings is 1. The molecule has 1 aromatic carbocycles. The number of hydrogen-bond donors (Lipinski definition) is 1. The van der Waals surface area contributed by atoms with E-state index in [0.29, 0.717) is 6.04 Å². The maximum atomic E-state index is 5.33. The SMILES string of the molecule is COc1ccc2c(C(C)N3CCNCC3)cn(C)c2c1. The first-order valence-electron chi connectivity index (χ1n) is 7.28. The van der Waals surface area contributed by atoms with Crippen LogP contribution in [0.4, 0.5) is 0 Å². The summed E-state index contributed by atoms with van der Waals surface area (Å²) < 4.78 is 7.53. The molecule has 0 spiro atoms. The highest BCUT2D eigenvalue weighted by molar-refractivity contribution is 5.85. The number of nitrogens with zero attached hydrogens (tertiary/aromatic N) is 2. The van der Waals surface area contributed by atoms with Crippen LogP contribution in [0.15, 0.2) is 24.4 Å². The zero-order chi connectivity index (χ0) is 14.1. The van der Waals surface area contributed by atoms with E-state index in [1.165, 1.54) is 16.5 Å². The topological polar surface area (TPSA) is 29.4 Å². The average Bonchev–Trinajstić information content (AvgIpc) is 2.84. The van der Waals surface area contributed by atoms with Gasteiger partial charge >= 0.3 is 0 Å². The molecule has 1 atom stereocenters. The quantitative estimate of drug-likeness (QED) is 0.929. The van der Waals surface area contributed by atoms with Gasteiger partial charge in [-0.15, -0.1) is 0 Å². The van der Waals surface area contributed by atoms with Crippen molar-refractivity contribution in [2.75, 3.05) is 33.3 Å². The molecule has 1 unspecified atom stereocenters. The summed E-state index contributed by atoms with van der Waals surface area (Å²) in [5, 5.41) is 4.75. The summed E-state index contributed by atoms with van der Waals surface area (Å²) in [7, 11) is 3.82. The van der Waals surface area contributed by atoms with Crippen molar-refractivity contribution in [3.63, 3.8) is 0 Å². The van der Waals surface area contributed by atoms with Crippen LogP contribution >= 0.6 is 0 Å². The first-order chi connectivity index (χ1) is 9.70. The van der Waals surface area contributed by atoms with E-state index in [2.05, 4.69) is 53.2 Å². The third-order valence-electron chi connectivity index (χ3n) is 4.38. The number of rotatable bonds is 3. The van der Waals surface area contributed by atoms with Crippen LogP contribution in [0, 0.1) is 0 Å². The molecule has 1 aliphatic heterocycles. The van der Waals surface area contributed by atoms with E-state index >= 15 is 0 Å². The summed E-state index contributed by atoms with van der Waals surface area (Å²) in [5.74, 6) is 0.917. The van der Waals surface area contributed by atoms with E-state index in [-0.39, 0.29) is 0 Å². The zero-order valence-electron chi connectivity index (χ0n) is 12.5. The van der Waals surface area contributed by atoms with Crippen molar-refractivity contribution in [1.82, 2.24) is 14.8 Å². The minimum absolute atomic E-state index is 0.453. The molecule has 0 amide bonds. The van der Waals surface area contributed by atoms with Gasteiger partial charge in [0, 0.05) is 56.9 Å². The highest BCUT2D eigenvalue weighted by Gasteiger charge is 2.21. The van der Waals surface area contributed by atoms with Crippen LogP contribution in [0.5, 0.6) is 5.75 Å². The lowest BCUT2D eigenvalue weighted by atomic mass is 10.1. The van der Waals surface area contributed by atoms with Crippen molar-refractivity contribution >= 4 is 10.9 Å².